The Kier molecular flexibility index (Phi) is 14.0. The van der Waals surface area contributed by atoms with Gasteiger partial charge in [0.05, 0.1) is 0 Å². The van der Waals surface area contributed by atoms with Gasteiger partial charge in [-0.05, 0) is 37.8 Å². The topological polar surface area (TPSA) is 52.6 Å². The van der Waals surface area contributed by atoms with Crippen LogP contribution in [0.4, 0.5) is 0 Å². The lowest BCUT2D eigenvalue weighted by Crippen LogP contribution is -2.06. The molecule has 0 atom stereocenters. The first-order valence-corrected chi connectivity index (χ1v) is 9.02. The highest BCUT2D eigenvalue weighted by atomic mass is 16.5. The van der Waals surface area contributed by atoms with Crippen LogP contribution in [0, 0.1) is 0 Å². The van der Waals surface area contributed by atoms with E-state index < -0.39 is 0 Å². The van der Waals surface area contributed by atoms with Gasteiger partial charge in [0, 0.05) is 12.8 Å². The fourth-order valence-corrected chi connectivity index (χ4v) is 2.15. The smallest absolute Gasteiger partial charge is 0.306 e. The molecule has 0 aromatic carbocycles. The van der Waals surface area contributed by atoms with E-state index in [-0.39, 0.29) is 11.9 Å². The molecule has 0 radical (unpaired) electrons. The number of unbranched alkanes of at least 4 members (excludes halogenated alkanes) is 7. The Bertz CT molecular complexity index is 360. The minimum Gasteiger partial charge on any atom is -0.461 e. The highest BCUT2D eigenvalue weighted by molar-refractivity contribution is 5.69. The first-order chi connectivity index (χ1) is 11.4. The van der Waals surface area contributed by atoms with Gasteiger partial charge >= 0.3 is 11.9 Å². The fourth-order valence-electron chi connectivity index (χ4n) is 2.15. The lowest BCUT2D eigenvalue weighted by Gasteiger charge is -2.05. The van der Waals surface area contributed by atoms with Gasteiger partial charge in [0.15, 0.2) is 0 Å². The van der Waals surface area contributed by atoms with Crippen molar-refractivity contribution in [1.29, 1.82) is 0 Å². The lowest BCUT2D eigenvalue weighted by molar-refractivity contribution is -0.143. The van der Waals surface area contributed by atoms with Crippen LogP contribution in [-0.4, -0.2) is 25.2 Å². The van der Waals surface area contributed by atoms with E-state index >= 15 is 0 Å². The van der Waals surface area contributed by atoms with E-state index in [0.29, 0.717) is 26.1 Å². The second-order valence-electron chi connectivity index (χ2n) is 6.56. The van der Waals surface area contributed by atoms with Crippen LogP contribution in [0.1, 0.15) is 78.1 Å². The SMILES string of the molecule is C=C(C)COC(=O)CCCCCCCCCCC(=O)OCC(=C)C. The highest BCUT2D eigenvalue weighted by Crippen LogP contribution is 2.11. The van der Waals surface area contributed by atoms with E-state index in [2.05, 4.69) is 13.2 Å². The standard InChI is InChI=1S/C20H34O4/c1-17(2)15-23-19(21)13-11-9-7-5-6-8-10-12-14-20(22)24-16-18(3)4/h1,3,5-16H2,2,4H3. The van der Waals surface area contributed by atoms with E-state index in [0.717, 1.165) is 49.7 Å². The average Bonchev–Trinajstić information content (AvgIpc) is 2.52. The number of hydrogen-bond donors (Lipinski definition) is 0. The predicted molar refractivity (Wildman–Crippen MR) is 97.7 cm³/mol. The van der Waals surface area contributed by atoms with Crippen molar-refractivity contribution in [1.82, 2.24) is 0 Å². The molecule has 0 N–H and O–H groups in total. The van der Waals surface area contributed by atoms with Gasteiger partial charge in [0.2, 0.25) is 0 Å². The molecule has 0 saturated carbocycles. The van der Waals surface area contributed by atoms with Gasteiger partial charge in [-0.3, -0.25) is 9.59 Å². The molecule has 0 unspecified atom stereocenters. The molecule has 0 heterocycles. The fraction of sp³-hybridized carbons (Fsp3) is 0.700. The summed E-state index contributed by atoms with van der Waals surface area (Å²) in [6.45, 7) is 11.8. The molecule has 4 nitrogen and oxygen atoms in total. The Hall–Kier alpha value is -1.58. The number of esters is 2. The monoisotopic (exact) mass is 338 g/mol. The summed E-state index contributed by atoms with van der Waals surface area (Å²) >= 11 is 0. The number of ether oxygens (including phenoxy) is 2. The van der Waals surface area contributed by atoms with Gasteiger partial charge in [0.25, 0.3) is 0 Å². The zero-order valence-electron chi connectivity index (χ0n) is 15.5. The molecule has 0 bridgehead atoms. The summed E-state index contributed by atoms with van der Waals surface area (Å²) in [4.78, 5) is 22.8. The number of carbonyl (C=O) groups excluding carboxylic acids is 2. The van der Waals surface area contributed by atoms with Crippen molar-refractivity contribution in [2.45, 2.75) is 78.1 Å². The van der Waals surface area contributed by atoms with Gasteiger partial charge in [0.1, 0.15) is 13.2 Å². The van der Waals surface area contributed by atoms with Crippen LogP contribution in [0.25, 0.3) is 0 Å². The van der Waals surface area contributed by atoms with Crippen LogP contribution in [0.15, 0.2) is 24.3 Å². The molecular formula is C20H34O4. The second-order valence-corrected chi connectivity index (χ2v) is 6.56. The highest BCUT2D eigenvalue weighted by Gasteiger charge is 2.03. The van der Waals surface area contributed by atoms with Crippen molar-refractivity contribution < 1.29 is 19.1 Å². The van der Waals surface area contributed by atoms with Gasteiger partial charge in [-0.25, -0.2) is 0 Å². The Balaban J connectivity index is 3.28. The molecule has 24 heavy (non-hydrogen) atoms. The molecule has 0 aliphatic rings. The summed E-state index contributed by atoms with van der Waals surface area (Å²) in [6, 6.07) is 0. The average molecular weight is 338 g/mol. The Morgan fingerprint density at radius 3 is 1.21 bits per heavy atom. The first kappa shape index (κ1) is 22.4. The number of hydrogen-bond acceptors (Lipinski definition) is 4. The molecule has 138 valence electrons. The minimum atomic E-state index is -0.128. The molecule has 0 saturated heterocycles. The summed E-state index contributed by atoms with van der Waals surface area (Å²) in [5.41, 5.74) is 1.74. The summed E-state index contributed by atoms with van der Waals surface area (Å²) in [5, 5.41) is 0. The zero-order chi connectivity index (χ0) is 18.2. The second kappa shape index (κ2) is 15.0. The third kappa shape index (κ3) is 16.8. The first-order valence-electron chi connectivity index (χ1n) is 9.02. The normalized spacial score (nSPS) is 10.2. The largest absolute Gasteiger partial charge is 0.461 e. The van der Waals surface area contributed by atoms with E-state index in [1.807, 2.05) is 13.8 Å². The third-order valence-corrected chi connectivity index (χ3v) is 3.47. The molecule has 0 aromatic heterocycles. The zero-order valence-corrected chi connectivity index (χ0v) is 15.5. The summed E-state index contributed by atoms with van der Waals surface area (Å²) < 4.78 is 10.1. The predicted octanol–water partition coefficient (Wildman–Crippen LogP) is 5.13. The third-order valence-electron chi connectivity index (χ3n) is 3.47. The van der Waals surface area contributed by atoms with Crippen molar-refractivity contribution in [3.05, 3.63) is 24.3 Å². The molecule has 0 aliphatic heterocycles. The van der Waals surface area contributed by atoms with Crippen LogP contribution in [-0.2, 0) is 19.1 Å². The molecule has 4 heteroatoms. The van der Waals surface area contributed by atoms with Crippen molar-refractivity contribution >= 4 is 11.9 Å². The van der Waals surface area contributed by atoms with Crippen LogP contribution in [0.2, 0.25) is 0 Å². The molecular weight excluding hydrogens is 304 g/mol. The maximum Gasteiger partial charge on any atom is 0.306 e. The summed E-state index contributed by atoms with van der Waals surface area (Å²) in [5.74, 6) is -0.256. The van der Waals surface area contributed by atoms with Crippen LogP contribution < -0.4 is 0 Å². The number of rotatable bonds is 15. The van der Waals surface area contributed by atoms with Crippen molar-refractivity contribution in [2.75, 3.05) is 13.2 Å². The summed E-state index contributed by atoms with van der Waals surface area (Å²) in [7, 11) is 0. The quantitative estimate of drug-likeness (QED) is 0.236. The van der Waals surface area contributed by atoms with Crippen LogP contribution >= 0.6 is 0 Å². The molecule has 0 aromatic rings. The van der Waals surface area contributed by atoms with E-state index in [1.165, 1.54) is 12.8 Å². The van der Waals surface area contributed by atoms with Gasteiger partial charge in [-0.2, -0.15) is 0 Å². The van der Waals surface area contributed by atoms with E-state index in [1.54, 1.807) is 0 Å². The molecule has 0 fully saturated rings. The maximum absolute atomic E-state index is 11.4. The number of carbonyl (C=O) groups is 2. The van der Waals surface area contributed by atoms with Crippen molar-refractivity contribution in [3.8, 4) is 0 Å². The van der Waals surface area contributed by atoms with E-state index in [9.17, 15) is 9.59 Å². The van der Waals surface area contributed by atoms with Crippen LogP contribution in [0.5, 0.6) is 0 Å². The Morgan fingerprint density at radius 1 is 0.625 bits per heavy atom. The molecule has 0 aliphatic carbocycles. The van der Waals surface area contributed by atoms with Crippen LogP contribution in [0.3, 0.4) is 0 Å². The lowest BCUT2D eigenvalue weighted by atomic mass is 10.1. The van der Waals surface area contributed by atoms with Gasteiger partial charge in [-0.1, -0.05) is 51.7 Å². The Morgan fingerprint density at radius 2 is 0.917 bits per heavy atom. The van der Waals surface area contributed by atoms with E-state index in [4.69, 9.17) is 9.47 Å². The molecule has 0 amide bonds. The van der Waals surface area contributed by atoms with Crippen molar-refractivity contribution in [2.24, 2.45) is 0 Å². The minimum absolute atomic E-state index is 0.128. The maximum atomic E-state index is 11.4. The Labute approximate surface area is 147 Å². The molecule has 0 rings (SSSR count). The van der Waals surface area contributed by atoms with Crippen molar-refractivity contribution in [3.63, 3.8) is 0 Å². The van der Waals surface area contributed by atoms with Gasteiger partial charge in [-0.15, -0.1) is 0 Å². The summed E-state index contributed by atoms with van der Waals surface area (Å²) in [6.07, 6.45) is 9.57. The molecule has 0 spiro atoms. The van der Waals surface area contributed by atoms with Gasteiger partial charge < -0.3 is 9.47 Å².